The molecule has 0 saturated heterocycles. The zero-order chi connectivity index (χ0) is 27.0. The standard InChI is InChI=1S/C25H24F3N7O3/c1-12(29)21-20(22(36)32-13-10-14(11-13)33-24-30-8-3-9-31-24)35-23(38-21)16-4-6-17(37-2)19-15(16)5-7-18(34-19)25(26,27)28/h3-9,12-14H,10-11,29H2,1-2H3,(H,32,36)(H,30,31,33)/t12-,13-,14-/m0/s1. The number of benzene rings is 1. The minimum Gasteiger partial charge on any atom is -0.494 e. The van der Waals surface area contributed by atoms with Gasteiger partial charge in [-0.25, -0.2) is 19.9 Å². The molecule has 1 aliphatic rings. The Morgan fingerprint density at radius 3 is 2.53 bits per heavy atom. The molecule has 0 unspecified atom stereocenters. The van der Waals surface area contributed by atoms with E-state index in [1.807, 2.05) is 0 Å². The number of halogens is 3. The third-order valence-electron chi connectivity index (χ3n) is 6.22. The maximum absolute atomic E-state index is 13.3. The fourth-order valence-electron chi connectivity index (χ4n) is 4.28. The van der Waals surface area contributed by atoms with Crippen molar-refractivity contribution in [1.82, 2.24) is 25.3 Å². The average Bonchev–Trinajstić information content (AvgIpc) is 3.32. The second-order valence-corrected chi connectivity index (χ2v) is 8.98. The average molecular weight is 528 g/mol. The first kappa shape index (κ1) is 25.4. The van der Waals surface area contributed by atoms with E-state index in [2.05, 4.69) is 30.6 Å². The van der Waals surface area contributed by atoms with Crippen molar-refractivity contribution in [3.05, 3.63) is 59.9 Å². The number of methoxy groups -OCH3 is 1. The van der Waals surface area contributed by atoms with Gasteiger partial charge in [0, 0.05) is 35.4 Å². The Morgan fingerprint density at radius 2 is 1.87 bits per heavy atom. The quantitative estimate of drug-likeness (QED) is 0.324. The van der Waals surface area contributed by atoms with Crippen LogP contribution in [0.3, 0.4) is 0 Å². The van der Waals surface area contributed by atoms with E-state index in [4.69, 9.17) is 14.9 Å². The van der Waals surface area contributed by atoms with Gasteiger partial charge < -0.3 is 25.5 Å². The van der Waals surface area contributed by atoms with E-state index in [-0.39, 0.29) is 40.7 Å². The zero-order valence-electron chi connectivity index (χ0n) is 20.4. The molecule has 1 aromatic carbocycles. The number of alkyl halides is 3. The van der Waals surface area contributed by atoms with Crippen molar-refractivity contribution in [2.24, 2.45) is 5.73 Å². The molecule has 13 heteroatoms. The third kappa shape index (κ3) is 4.96. The van der Waals surface area contributed by atoms with Crippen molar-refractivity contribution >= 4 is 22.8 Å². The van der Waals surface area contributed by atoms with Crippen molar-refractivity contribution in [2.75, 3.05) is 12.4 Å². The Labute approximate surface area is 214 Å². The summed E-state index contributed by atoms with van der Waals surface area (Å²) in [5.41, 5.74) is 5.35. The molecule has 1 atom stereocenters. The van der Waals surface area contributed by atoms with Crippen molar-refractivity contribution in [2.45, 2.75) is 44.1 Å². The van der Waals surface area contributed by atoms with Gasteiger partial charge >= 0.3 is 6.18 Å². The number of carbonyl (C=O) groups is 1. The van der Waals surface area contributed by atoms with Crippen LogP contribution >= 0.6 is 0 Å². The Bertz CT molecular complexity index is 1470. The molecule has 38 heavy (non-hydrogen) atoms. The Kier molecular flexibility index (Phi) is 6.61. The van der Waals surface area contributed by atoms with Crippen LogP contribution in [0.2, 0.25) is 0 Å². The molecular weight excluding hydrogens is 503 g/mol. The second-order valence-electron chi connectivity index (χ2n) is 8.98. The van der Waals surface area contributed by atoms with Crippen molar-refractivity contribution in [3.8, 4) is 17.2 Å². The van der Waals surface area contributed by atoms with Crippen molar-refractivity contribution in [1.29, 1.82) is 0 Å². The highest BCUT2D eigenvalue weighted by atomic mass is 19.4. The summed E-state index contributed by atoms with van der Waals surface area (Å²) in [6.07, 6.45) is -0.0166. The molecule has 5 rings (SSSR count). The van der Waals surface area contributed by atoms with E-state index in [0.29, 0.717) is 29.7 Å². The van der Waals surface area contributed by atoms with Gasteiger partial charge in [0.15, 0.2) is 11.5 Å². The number of ether oxygens (including phenoxy) is 1. The smallest absolute Gasteiger partial charge is 0.433 e. The van der Waals surface area contributed by atoms with Gasteiger partial charge in [-0.15, -0.1) is 0 Å². The molecule has 1 amide bonds. The first-order valence-electron chi connectivity index (χ1n) is 11.8. The number of amides is 1. The third-order valence-corrected chi connectivity index (χ3v) is 6.22. The Balaban J connectivity index is 1.40. The SMILES string of the molecule is COc1ccc(-c2nc(C(=O)N[C@H]3C[C@H](Nc4ncccn4)C3)c([C@H](C)N)o2)c2ccc(C(F)(F)F)nc12. The lowest BCUT2D eigenvalue weighted by molar-refractivity contribution is -0.140. The largest absolute Gasteiger partial charge is 0.494 e. The predicted molar refractivity (Wildman–Crippen MR) is 131 cm³/mol. The molecule has 4 aromatic rings. The van der Waals surface area contributed by atoms with Gasteiger partial charge in [0.25, 0.3) is 5.91 Å². The van der Waals surface area contributed by atoms with Gasteiger partial charge in [0.05, 0.1) is 13.2 Å². The van der Waals surface area contributed by atoms with Gasteiger partial charge in [-0.05, 0) is 50.1 Å². The number of aromatic nitrogens is 4. The molecule has 0 radical (unpaired) electrons. The summed E-state index contributed by atoms with van der Waals surface area (Å²) >= 11 is 0. The van der Waals surface area contributed by atoms with E-state index < -0.39 is 23.8 Å². The molecule has 0 spiro atoms. The summed E-state index contributed by atoms with van der Waals surface area (Å²) in [5.74, 6) is 0.410. The molecule has 4 N–H and O–H groups in total. The summed E-state index contributed by atoms with van der Waals surface area (Å²) in [5, 5.41) is 6.45. The molecular formula is C25H24F3N7O3. The number of pyridine rings is 1. The van der Waals surface area contributed by atoms with E-state index >= 15 is 0 Å². The molecule has 10 nitrogen and oxygen atoms in total. The monoisotopic (exact) mass is 527 g/mol. The Hall–Kier alpha value is -4.26. The summed E-state index contributed by atoms with van der Waals surface area (Å²) < 4.78 is 50.9. The summed E-state index contributed by atoms with van der Waals surface area (Å²) in [4.78, 5) is 29.5. The number of hydrogen-bond acceptors (Lipinski definition) is 9. The van der Waals surface area contributed by atoms with Gasteiger partial charge in [-0.1, -0.05) is 0 Å². The molecule has 0 bridgehead atoms. The maximum Gasteiger partial charge on any atom is 0.433 e. The van der Waals surface area contributed by atoms with Crippen molar-refractivity contribution in [3.63, 3.8) is 0 Å². The van der Waals surface area contributed by atoms with E-state index in [0.717, 1.165) is 6.07 Å². The van der Waals surface area contributed by atoms with Gasteiger partial charge in [-0.2, -0.15) is 13.2 Å². The van der Waals surface area contributed by atoms with Crippen LogP contribution in [0.1, 0.15) is 47.7 Å². The van der Waals surface area contributed by atoms with Crippen LogP contribution in [0.25, 0.3) is 22.4 Å². The number of rotatable bonds is 7. The van der Waals surface area contributed by atoms with Crippen LogP contribution in [0.5, 0.6) is 5.75 Å². The van der Waals surface area contributed by atoms with Crippen LogP contribution in [-0.2, 0) is 6.18 Å². The number of nitrogens with one attached hydrogen (secondary N) is 2. The highest BCUT2D eigenvalue weighted by Gasteiger charge is 2.34. The predicted octanol–water partition coefficient (Wildman–Crippen LogP) is 4.10. The molecule has 198 valence electrons. The fraction of sp³-hybridized carbons (Fsp3) is 0.320. The number of anilines is 1. The van der Waals surface area contributed by atoms with Gasteiger partial charge in [-0.3, -0.25) is 4.79 Å². The number of nitrogens with zero attached hydrogens (tertiary/aromatic N) is 4. The normalized spacial score (nSPS) is 18.1. The van der Waals surface area contributed by atoms with Gasteiger partial charge in [0.1, 0.15) is 17.0 Å². The number of carbonyl (C=O) groups excluding carboxylic acids is 1. The molecule has 1 aliphatic carbocycles. The number of fused-ring (bicyclic) bond motifs is 1. The van der Waals surface area contributed by atoms with Crippen LogP contribution in [0.15, 0.2) is 47.1 Å². The molecule has 3 heterocycles. The Morgan fingerprint density at radius 1 is 1.13 bits per heavy atom. The molecule has 3 aromatic heterocycles. The summed E-state index contributed by atoms with van der Waals surface area (Å²) in [6, 6.07) is 6.28. The maximum atomic E-state index is 13.3. The number of oxazole rings is 1. The highest BCUT2D eigenvalue weighted by Crippen LogP contribution is 2.37. The first-order valence-corrected chi connectivity index (χ1v) is 11.8. The van der Waals surface area contributed by atoms with E-state index in [1.54, 1.807) is 31.5 Å². The second kappa shape index (κ2) is 9.89. The van der Waals surface area contributed by atoms with E-state index in [9.17, 15) is 18.0 Å². The van der Waals surface area contributed by atoms with Crippen LogP contribution in [0, 0.1) is 0 Å². The molecule has 1 fully saturated rings. The summed E-state index contributed by atoms with van der Waals surface area (Å²) in [6.45, 7) is 1.65. The number of nitrogens with two attached hydrogens (primary N) is 1. The summed E-state index contributed by atoms with van der Waals surface area (Å²) in [7, 11) is 1.34. The topological polar surface area (TPSA) is 141 Å². The first-order chi connectivity index (χ1) is 18.1. The van der Waals surface area contributed by atoms with Crippen molar-refractivity contribution < 1.29 is 27.1 Å². The van der Waals surface area contributed by atoms with E-state index in [1.165, 1.54) is 19.2 Å². The fourth-order valence-corrected chi connectivity index (χ4v) is 4.28. The number of hydrogen-bond donors (Lipinski definition) is 3. The highest BCUT2D eigenvalue weighted by molar-refractivity contribution is 5.98. The van der Waals surface area contributed by atoms with Crippen LogP contribution in [-0.4, -0.2) is 45.0 Å². The minimum atomic E-state index is -4.63. The lowest BCUT2D eigenvalue weighted by atomic mass is 9.86. The molecule has 1 saturated carbocycles. The van der Waals surface area contributed by atoms with Crippen LogP contribution < -0.4 is 21.1 Å². The zero-order valence-corrected chi connectivity index (χ0v) is 20.4. The molecule has 0 aliphatic heterocycles. The van der Waals surface area contributed by atoms with Gasteiger partial charge in [0.2, 0.25) is 11.8 Å². The van der Waals surface area contributed by atoms with Crippen LogP contribution in [0.4, 0.5) is 19.1 Å². The lowest BCUT2D eigenvalue weighted by Gasteiger charge is -2.36. The lowest BCUT2D eigenvalue weighted by Crippen LogP contribution is -2.50. The minimum absolute atomic E-state index is 0.0122.